The van der Waals surface area contributed by atoms with Crippen LogP contribution in [0.5, 0.6) is 5.75 Å². The van der Waals surface area contributed by atoms with Crippen LogP contribution < -0.4 is 10.2 Å². The van der Waals surface area contributed by atoms with E-state index in [0.717, 1.165) is 16.0 Å². The molecular formula is C24H25ClN2O5S2. The average molecular weight is 521 g/mol. The number of methoxy groups -OCH3 is 1. The number of carbonyl (C=O) groups excluding carboxylic acids is 1. The molecule has 1 aliphatic heterocycles. The molecule has 3 aromatic rings. The molecule has 1 amide bonds. The summed E-state index contributed by atoms with van der Waals surface area (Å²) >= 11 is 7.56. The maximum Gasteiger partial charge on any atom is 0.262 e. The third kappa shape index (κ3) is 4.99. The van der Waals surface area contributed by atoms with Gasteiger partial charge in [-0.25, -0.2) is 13.9 Å². The number of carbonyl (C=O) groups is 1. The van der Waals surface area contributed by atoms with Crippen molar-refractivity contribution < 1.29 is 23.2 Å². The van der Waals surface area contributed by atoms with Crippen LogP contribution in [0.25, 0.3) is 0 Å². The summed E-state index contributed by atoms with van der Waals surface area (Å²) in [6, 6.07) is 14.4. The Morgan fingerprint density at radius 1 is 1.18 bits per heavy atom. The van der Waals surface area contributed by atoms with Crippen molar-refractivity contribution in [1.29, 1.82) is 0 Å². The molecule has 2 aromatic carbocycles. The number of thiophene rings is 1. The average Bonchev–Trinajstić information content (AvgIpc) is 3.25. The van der Waals surface area contributed by atoms with E-state index in [4.69, 9.17) is 16.3 Å². The van der Waals surface area contributed by atoms with E-state index >= 15 is 0 Å². The molecule has 10 heteroatoms. The number of benzene rings is 2. The molecule has 0 radical (unpaired) electrons. The Morgan fingerprint density at radius 2 is 1.88 bits per heavy atom. The number of fused-ring (bicyclic) bond motifs is 1. The van der Waals surface area contributed by atoms with Crippen molar-refractivity contribution in [2.75, 3.05) is 13.7 Å². The summed E-state index contributed by atoms with van der Waals surface area (Å²) in [5.74, 6) is -0.667. The number of aryl methyl sites for hydroxylation is 1. The van der Waals surface area contributed by atoms with Gasteiger partial charge in [-0.3, -0.25) is 10.0 Å². The Hall–Kier alpha value is -2.43. The van der Waals surface area contributed by atoms with Gasteiger partial charge in [0.05, 0.1) is 12.0 Å². The topological polar surface area (TPSA) is 95.9 Å². The van der Waals surface area contributed by atoms with Crippen LogP contribution in [-0.2, 0) is 27.7 Å². The van der Waals surface area contributed by atoms with Gasteiger partial charge in [-0.2, -0.15) is 4.31 Å². The monoisotopic (exact) mass is 520 g/mol. The Bertz CT molecular complexity index is 1240. The van der Waals surface area contributed by atoms with Crippen molar-refractivity contribution >= 4 is 38.9 Å². The van der Waals surface area contributed by atoms with Gasteiger partial charge in [0.2, 0.25) is 10.0 Å². The largest absolute Gasteiger partial charge is 0.497 e. The van der Waals surface area contributed by atoms with Crippen LogP contribution in [0.1, 0.15) is 28.3 Å². The highest BCUT2D eigenvalue weighted by Crippen LogP contribution is 2.39. The summed E-state index contributed by atoms with van der Waals surface area (Å²) in [5, 5.41) is 12.2. The number of amides is 1. The van der Waals surface area contributed by atoms with Crippen LogP contribution in [0, 0.1) is 0 Å². The Labute approximate surface area is 207 Å². The second kappa shape index (κ2) is 10.5. The second-order valence-electron chi connectivity index (χ2n) is 8.03. The molecular weight excluding hydrogens is 496 g/mol. The molecule has 34 heavy (non-hydrogen) atoms. The van der Waals surface area contributed by atoms with E-state index in [9.17, 15) is 18.4 Å². The first-order valence-corrected chi connectivity index (χ1v) is 13.5. The number of nitrogens with zero attached hydrogens (tertiary/aromatic N) is 1. The van der Waals surface area contributed by atoms with Gasteiger partial charge in [0, 0.05) is 22.4 Å². The summed E-state index contributed by atoms with van der Waals surface area (Å²) in [4.78, 5) is 14.1. The second-order valence-corrected chi connectivity index (χ2v) is 11.4. The number of halogens is 1. The molecule has 7 nitrogen and oxygen atoms in total. The van der Waals surface area contributed by atoms with E-state index in [2.05, 4.69) is 0 Å². The minimum atomic E-state index is -4.04. The van der Waals surface area contributed by atoms with E-state index in [1.54, 1.807) is 41.1 Å². The number of rotatable bonds is 7. The van der Waals surface area contributed by atoms with Gasteiger partial charge in [0.1, 0.15) is 11.8 Å². The minimum Gasteiger partial charge on any atom is -0.497 e. The van der Waals surface area contributed by atoms with Crippen molar-refractivity contribution in [2.45, 2.75) is 36.1 Å². The van der Waals surface area contributed by atoms with E-state index in [1.807, 2.05) is 23.6 Å². The van der Waals surface area contributed by atoms with Crippen molar-refractivity contribution in [3.8, 4) is 5.75 Å². The van der Waals surface area contributed by atoms with Gasteiger partial charge >= 0.3 is 0 Å². The van der Waals surface area contributed by atoms with Crippen LogP contribution in [0.15, 0.2) is 64.9 Å². The minimum absolute atomic E-state index is 0.0609. The lowest BCUT2D eigenvalue weighted by atomic mass is 9.86. The van der Waals surface area contributed by atoms with Crippen molar-refractivity contribution in [3.63, 3.8) is 0 Å². The lowest BCUT2D eigenvalue weighted by Gasteiger charge is -2.33. The molecule has 0 bridgehead atoms. The number of hydrogen-bond acceptors (Lipinski definition) is 6. The lowest BCUT2D eigenvalue weighted by Crippen LogP contribution is -2.51. The molecule has 0 aliphatic carbocycles. The maximum absolute atomic E-state index is 13.7. The summed E-state index contributed by atoms with van der Waals surface area (Å²) in [5.41, 5.74) is 3.68. The van der Waals surface area contributed by atoms with Gasteiger partial charge in [-0.1, -0.05) is 23.7 Å². The Kier molecular flexibility index (Phi) is 7.59. The van der Waals surface area contributed by atoms with Crippen molar-refractivity contribution in [1.82, 2.24) is 9.79 Å². The molecule has 180 valence electrons. The summed E-state index contributed by atoms with van der Waals surface area (Å²) < 4.78 is 33.8. The highest BCUT2D eigenvalue weighted by molar-refractivity contribution is 7.89. The zero-order chi connectivity index (χ0) is 24.3. The molecule has 2 heterocycles. The zero-order valence-electron chi connectivity index (χ0n) is 18.5. The maximum atomic E-state index is 13.7. The Morgan fingerprint density at radius 3 is 2.53 bits per heavy atom. The molecule has 4 rings (SSSR count). The third-order valence-electron chi connectivity index (χ3n) is 6.13. The number of hydrogen-bond donors (Lipinski definition) is 2. The first-order chi connectivity index (χ1) is 16.3. The van der Waals surface area contributed by atoms with Gasteiger partial charge in [0.25, 0.3) is 5.91 Å². The number of ether oxygens (including phenoxy) is 1. The SMILES string of the molecule is COc1ccc(S(=O)(=O)N2CCc3sccc3C(CCc3ccc(Cl)cc3)C2C(=O)NO)cc1. The molecule has 0 saturated heterocycles. The van der Waals surface area contributed by atoms with Crippen LogP contribution in [0.3, 0.4) is 0 Å². The Balaban J connectivity index is 1.73. The van der Waals surface area contributed by atoms with Crippen LogP contribution in [0.2, 0.25) is 5.02 Å². The van der Waals surface area contributed by atoms with E-state index in [-0.39, 0.29) is 11.4 Å². The molecule has 2 atom stereocenters. The van der Waals surface area contributed by atoms with Gasteiger partial charge in [-0.15, -0.1) is 11.3 Å². The number of sulfonamides is 1. The van der Waals surface area contributed by atoms with Crippen LogP contribution >= 0.6 is 22.9 Å². The zero-order valence-corrected chi connectivity index (χ0v) is 20.9. The number of nitrogens with one attached hydrogen (secondary N) is 1. The van der Waals surface area contributed by atoms with E-state index in [0.29, 0.717) is 30.0 Å². The lowest BCUT2D eigenvalue weighted by molar-refractivity contribution is -0.134. The van der Waals surface area contributed by atoms with Crippen molar-refractivity contribution in [2.24, 2.45) is 0 Å². The normalized spacial score (nSPS) is 18.7. The van der Waals surface area contributed by atoms with Crippen molar-refractivity contribution in [3.05, 3.63) is 81.0 Å². The van der Waals surface area contributed by atoms with E-state index in [1.165, 1.54) is 23.5 Å². The molecule has 2 N–H and O–H groups in total. The van der Waals surface area contributed by atoms with Gasteiger partial charge in [-0.05, 0) is 78.2 Å². The molecule has 0 fully saturated rings. The van der Waals surface area contributed by atoms with Crippen LogP contribution in [-0.4, -0.2) is 43.5 Å². The fourth-order valence-electron chi connectivity index (χ4n) is 4.42. The predicted octanol–water partition coefficient (Wildman–Crippen LogP) is 4.25. The predicted molar refractivity (Wildman–Crippen MR) is 131 cm³/mol. The first-order valence-electron chi connectivity index (χ1n) is 10.8. The van der Waals surface area contributed by atoms with Crippen LogP contribution in [0.4, 0.5) is 0 Å². The fourth-order valence-corrected chi connectivity index (χ4v) is 7.12. The highest BCUT2D eigenvalue weighted by Gasteiger charge is 2.44. The molecule has 2 unspecified atom stereocenters. The summed E-state index contributed by atoms with van der Waals surface area (Å²) in [6.07, 6.45) is 1.61. The standard InChI is InChI=1S/C24H25ClN2O5S2/c1-32-18-7-9-19(10-8-18)34(30,31)27-14-12-22-20(13-15-33-22)21(23(27)24(28)26-29)11-4-16-2-5-17(25)6-3-16/h2-3,5-10,13,15,21,23,29H,4,11-12,14H2,1H3,(H,26,28). The summed E-state index contributed by atoms with van der Waals surface area (Å²) in [7, 11) is -2.54. The van der Waals surface area contributed by atoms with Gasteiger partial charge in [0.15, 0.2) is 0 Å². The van der Waals surface area contributed by atoms with E-state index < -0.39 is 27.9 Å². The third-order valence-corrected chi connectivity index (χ3v) is 9.28. The number of hydroxylamine groups is 1. The quantitative estimate of drug-likeness (QED) is 0.359. The fraction of sp³-hybridized carbons (Fsp3) is 0.292. The summed E-state index contributed by atoms with van der Waals surface area (Å²) in [6.45, 7) is 0.122. The molecule has 1 aromatic heterocycles. The van der Waals surface area contributed by atoms with Gasteiger partial charge < -0.3 is 4.74 Å². The molecule has 0 saturated carbocycles. The molecule has 0 spiro atoms. The first kappa shape index (κ1) is 24.7. The molecule has 1 aliphatic rings. The highest BCUT2D eigenvalue weighted by atomic mass is 35.5. The smallest absolute Gasteiger partial charge is 0.262 e.